The third-order valence-corrected chi connectivity index (χ3v) is 3.82. The van der Waals surface area contributed by atoms with Crippen LogP contribution in [0.3, 0.4) is 0 Å². The second kappa shape index (κ2) is 6.05. The van der Waals surface area contributed by atoms with Gasteiger partial charge in [0.05, 0.1) is 17.5 Å². The average Bonchev–Trinajstić information content (AvgIpc) is 3.04. The van der Waals surface area contributed by atoms with Crippen molar-refractivity contribution >= 4 is 45.4 Å². The number of methoxy groups -OCH3 is 1. The maximum Gasteiger partial charge on any atom is 0.331 e. The molecule has 3 rings (SSSR count). The van der Waals surface area contributed by atoms with Crippen LogP contribution in [0.15, 0.2) is 50.5 Å². The van der Waals surface area contributed by atoms with Crippen molar-refractivity contribution in [1.82, 2.24) is 4.98 Å². The molecule has 2 heterocycles. The number of aliphatic imine (C=N–C) groups is 1. The zero-order chi connectivity index (χ0) is 16.4. The monoisotopic (exact) mass is 330 g/mol. The lowest BCUT2D eigenvalue weighted by Crippen LogP contribution is -1.98. The van der Waals surface area contributed by atoms with Gasteiger partial charge < -0.3 is 14.8 Å². The van der Waals surface area contributed by atoms with Crippen LogP contribution < -0.4 is 0 Å². The van der Waals surface area contributed by atoms with Crippen LogP contribution >= 0.6 is 11.8 Å². The number of nitrogens with zero attached hydrogens (tertiary/aromatic N) is 3. The van der Waals surface area contributed by atoms with Gasteiger partial charge in [-0.15, -0.1) is 10.2 Å². The van der Waals surface area contributed by atoms with E-state index in [4.69, 9.17) is 0 Å². The van der Waals surface area contributed by atoms with Crippen LogP contribution in [0.4, 0.5) is 5.69 Å². The molecule has 2 N–H and O–H groups in total. The smallest absolute Gasteiger partial charge is 0.331 e. The molecule has 1 aliphatic heterocycles. The van der Waals surface area contributed by atoms with E-state index in [9.17, 15) is 14.7 Å². The SMILES string of the molecule is COC(=O)C=C1SC(N=Nc2c(O)[nH]c3ccccc23)=NC1=O. The minimum Gasteiger partial charge on any atom is -0.493 e. The van der Waals surface area contributed by atoms with Crippen LogP contribution in [0, 0.1) is 0 Å². The molecule has 0 atom stereocenters. The summed E-state index contributed by atoms with van der Waals surface area (Å²) < 4.78 is 4.46. The van der Waals surface area contributed by atoms with Crippen LogP contribution in [0.1, 0.15) is 0 Å². The molecule has 0 unspecified atom stereocenters. The Kier molecular flexibility index (Phi) is 3.94. The van der Waals surface area contributed by atoms with Crippen molar-refractivity contribution in [3.8, 4) is 5.88 Å². The first-order valence-corrected chi connectivity index (χ1v) is 7.22. The number of fused-ring (bicyclic) bond motifs is 1. The molecular weight excluding hydrogens is 320 g/mol. The number of thioether (sulfide) groups is 1. The molecule has 1 aliphatic rings. The molecule has 23 heavy (non-hydrogen) atoms. The molecule has 116 valence electrons. The number of esters is 1. The summed E-state index contributed by atoms with van der Waals surface area (Å²) in [4.78, 5) is 29.3. The van der Waals surface area contributed by atoms with Gasteiger partial charge in [0.2, 0.25) is 11.0 Å². The fraction of sp³-hybridized carbons (Fsp3) is 0.0714. The number of H-pyrrole nitrogens is 1. The summed E-state index contributed by atoms with van der Waals surface area (Å²) in [7, 11) is 1.21. The molecular formula is C14H10N4O4S. The number of aromatic nitrogens is 1. The molecule has 0 saturated heterocycles. The number of carbonyl (C=O) groups excluding carboxylic acids is 2. The van der Waals surface area contributed by atoms with Gasteiger partial charge in [0.25, 0.3) is 5.91 Å². The van der Waals surface area contributed by atoms with Gasteiger partial charge in [-0.25, -0.2) is 4.79 Å². The number of hydrogen-bond donors (Lipinski definition) is 2. The minimum atomic E-state index is -0.650. The third kappa shape index (κ3) is 2.99. The van der Waals surface area contributed by atoms with Crippen LogP contribution in [0.25, 0.3) is 10.9 Å². The molecule has 8 nitrogen and oxygen atoms in total. The molecule has 1 aromatic heterocycles. The minimum absolute atomic E-state index is 0.0786. The van der Waals surface area contributed by atoms with Crippen LogP contribution in [0.2, 0.25) is 0 Å². The number of ether oxygens (including phenoxy) is 1. The zero-order valence-electron chi connectivity index (χ0n) is 11.8. The van der Waals surface area contributed by atoms with E-state index in [1.165, 1.54) is 7.11 Å². The summed E-state index contributed by atoms with van der Waals surface area (Å²) in [6.07, 6.45) is 1.04. The van der Waals surface area contributed by atoms with E-state index in [0.29, 0.717) is 10.9 Å². The number of amidine groups is 1. The van der Waals surface area contributed by atoms with Gasteiger partial charge in [-0.2, -0.15) is 4.99 Å². The summed E-state index contributed by atoms with van der Waals surface area (Å²) in [6, 6.07) is 7.18. The highest BCUT2D eigenvalue weighted by Gasteiger charge is 2.23. The third-order valence-electron chi connectivity index (χ3n) is 2.95. The lowest BCUT2D eigenvalue weighted by molar-refractivity contribution is -0.135. The number of aromatic hydroxyl groups is 1. The molecule has 0 fully saturated rings. The van der Waals surface area contributed by atoms with Gasteiger partial charge in [0.15, 0.2) is 5.69 Å². The summed E-state index contributed by atoms with van der Waals surface area (Å²) in [5, 5.41) is 18.4. The first-order chi connectivity index (χ1) is 11.1. The lowest BCUT2D eigenvalue weighted by atomic mass is 10.2. The predicted octanol–water partition coefficient (Wildman–Crippen LogP) is 2.64. The molecule has 0 radical (unpaired) electrons. The van der Waals surface area contributed by atoms with Crippen molar-refractivity contribution < 1.29 is 19.4 Å². The Morgan fingerprint density at radius 2 is 2.17 bits per heavy atom. The van der Waals surface area contributed by atoms with E-state index < -0.39 is 11.9 Å². The van der Waals surface area contributed by atoms with Crippen molar-refractivity contribution in [2.75, 3.05) is 7.11 Å². The molecule has 1 aromatic carbocycles. The van der Waals surface area contributed by atoms with E-state index in [-0.39, 0.29) is 21.6 Å². The number of benzene rings is 1. The van der Waals surface area contributed by atoms with Gasteiger partial charge >= 0.3 is 5.97 Å². The number of rotatable bonds is 2. The van der Waals surface area contributed by atoms with Crippen LogP contribution in [-0.2, 0) is 14.3 Å². The van der Waals surface area contributed by atoms with Crippen molar-refractivity contribution in [3.05, 3.63) is 35.2 Å². The van der Waals surface area contributed by atoms with E-state index in [2.05, 4.69) is 24.9 Å². The number of para-hydroxylation sites is 1. The highest BCUT2D eigenvalue weighted by Crippen LogP contribution is 2.36. The number of azo groups is 1. The van der Waals surface area contributed by atoms with Crippen LogP contribution in [0.5, 0.6) is 5.88 Å². The number of carbonyl (C=O) groups is 2. The first kappa shape index (κ1) is 15.0. The fourth-order valence-corrected chi connectivity index (χ4v) is 2.61. The lowest BCUT2D eigenvalue weighted by Gasteiger charge is -1.93. The molecule has 0 bridgehead atoms. The summed E-state index contributed by atoms with van der Waals surface area (Å²) in [5.41, 5.74) is 0.962. The van der Waals surface area contributed by atoms with E-state index in [1.54, 1.807) is 18.2 Å². The Morgan fingerprint density at radius 3 is 2.96 bits per heavy atom. The highest BCUT2D eigenvalue weighted by molar-refractivity contribution is 8.18. The number of aromatic amines is 1. The summed E-state index contributed by atoms with van der Waals surface area (Å²) in [6.45, 7) is 0. The molecule has 0 saturated carbocycles. The standard InChI is InChI=1S/C14H10N4O4S/c1-22-10(19)6-9-12(20)16-14(23-9)18-17-11-7-4-2-3-5-8(7)15-13(11)21/h2-6,15,21H,1H3. The Bertz CT molecular complexity index is 897. The number of amides is 1. The first-order valence-electron chi connectivity index (χ1n) is 6.40. The molecule has 0 aliphatic carbocycles. The number of nitrogens with one attached hydrogen (secondary N) is 1. The molecule has 2 aromatic rings. The maximum absolute atomic E-state index is 11.6. The van der Waals surface area contributed by atoms with Gasteiger partial charge in [0.1, 0.15) is 0 Å². The Morgan fingerprint density at radius 1 is 1.39 bits per heavy atom. The van der Waals surface area contributed by atoms with Gasteiger partial charge in [-0.3, -0.25) is 4.79 Å². The van der Waals surface area contributed by atoms with E-state index in [1.807, 2.05) is 6.07 Å². The van der Waals surface area contributed by atoms with Gasteiger partial charge in [-0.05, 0) is 17.8 Å². The molecule has 0 spiro atoms. The Balaban J connectivity index is 1.85. The second-order valence-electron chi connectivity index (χ2n) is 4.40. The largest absolute Gasteiger partial charge is 0.493 e. The van der Waals surface area contributed by atoms with Crippen molar-refractivity contribution in [2.45, 2.75) is 0 Å². The van der Waals surface area contributed by atoms with Crippen molar-refractivity contribution in [1.29, 1.82) is 0 Å². The predicted molar refractivity (Wildman–Crippen MR) is 84.6 cm³/mol. The van der Waals surface area contributed by atoms with Gasteiger partial charge in [-0.1, -0.05) is 18.2 Å². The van der Waals surface area contributed by atoms with E-state index in [0.717, 1.165) is 17.8 Å². The van der Waals surface area contributed by atoms with Gasteiger partial charge in [0, 0.05) is 11.5 Å². The average molecular weight is 330 g/mol. The quantitative estimate of drug-likeness (QED) is 0.499. The van der Waals surface area contributed by atoms with Crippen molar-refractivity contribution in [3.63, 3.8) is 0 Å². The zero-order valence-corrected chi connectivity index (χ0v) is 12.6. The summed E-state index contributed by atoms with van der Waals surface area (Å²) in [5.74, 6) is -1.36. The van der Waals surface area contributed by atoms with Crippen LogP contribution in [-0.4, -0.2) is 34.2 Å². The van der Waals surface area contributed by atoms with E-state index >= 15 is 0 Å². The Hall–Kier alpha value is -2.94. The van der Waals surface area contributed by atoms with Crippen molar-refractivity contribution in [2.24, 2.45) is 15.2 Å². The second-order valence-corrected chi connectivity index (χ2v) is 5.41. The maximum atomic E-state index is 11.6. The molecule has 1 amide bonds. The fourth-order valence-electron chi connectivity index (χ4n) is 1.91. The highest BCUT2D eigenvalue weighted by atomic mass is 32.2. The normalized spacial score (nSPS) is 16.5. The Labute approximate surface area is 134 Å². The number of hydrogen-bond acceptors (Lipinski definition) is 7. The topological polar surface area (TPSA) is 116 Å². The summed E-state index contributed by atoms with van der Waals surface area (Å²) >= 11 is 0.904. The molecule has 9 heteroatoms.